The first-order chi connectivity index (χ1) is 9.64. The molecule has 5 nitrogen and oxygen atoms in total. The van der Waals surface area contributed by atoms with Gasteiger partial charge >= 0.3 is 0 Å². The summed E-state index contributed by atoms with van der Waals surface area (Å²) in [6.45, 7) is 0.339. The van der Waals surface area contributed by atoms with Crippen LogP contribution in [0.5, 0.6) is 0 Å². The van der Waals surface area contributed by atoms with E-state index in [1.165, 1.54) is 0 Å². The number of aliphatic hydroxyl groups excluding tert-OH is 3. The van der Waals surface area contributed by atoms with Gasteiger partial charge in [-0.2, -0.15) is 0 Å². The van der Waals surface area contributed by atoms with Gasteiger partial charge in [-0.1, -0.05) is 24.3 Å². The number of aliphatic hydroxyl groups is 3. The number of hydrogen-bond donors (Lipinski definition) is 3. The zero-order valence-electron chi connectivity index (χ0n) is 11.2. The molecule has 0 aliphatic carbocycles. The predicted molar refractivity (Wildman–Crippen MR) is 70.9 cm³/mol. The SMILES string of the molecule is OCC[C@H]1C[C@@H](O)[C@H](O)[C@]2(Cc3ccccc3CO2)O1. The molecule has 3 rings (SSSR count). The van der Waals surface area contributed by atoms with Crippen LogP contribution < -0.4 is 0 Å². The smallest absolute Gasteiger partial charge is 0.201 e. The Bertz CT molecular complexity index is 477. The maximum absolute atomic E-state index is 10.3. The van der Waals surface area contributed by atoms with Crippen molar-refractivity contribution < 1.29 is 24.8 Å². The highest BCUT2D eigenvalue weighted by Crippen LogP contribution is 2.39. The van der Waals surface area contributed by atoms with Crippen LogP contribution in [0.4, 0.5) is 0 Å². The molecule has 0 amide bonds. The van der Waals surface area contributed by atoms with Crippen molar-refractivity contribution in [3.8, 4) is 0 Å². The largest absolute Gasteiger partial charge is 0.396 e. The molecule has 110 valence electrons. The van der Waals surface area contributed by atoms with Gasteiger partial charge in [0.2, 0.25) is 5.79 Å². The summed E-state index contributed by atoms with van der Waals surface area (Å²) in [7, 11) is 0. The van der Waals surface area contributed by atoms with Gasteiger partial charge in [-0.15, -0.1) is 0 Å². The Labute approximate surface area is 117 Å². The number of fused-ring (bicyclic) bond motifs is 1. The second-order valence-electron chi connectivity index (χ2n) is 5.55. The highest BCUT2D eigenvalue weighted by atomic mass is 16.7. The summed E-state index contributed by atoms with van der Waals surface area (Å²) >= 11 is 0. The van der Waals surface area contributed by atoms with Gasteiger partial charge in [0.1, 0.15) is 6.10 Å². The zero-order chi connectivity index (χ0) is 14.2. The van der Waals surface area contributed by atoms with Gasteiger partial charge in [0.05, 0.1) is 18.8 Å². The van der Waals surface area contributed by atoms with Crippen molar-refractivity contribution in [2.75, 3.05) is 6.61 Å². The van der Waals surface area contributed by atoms with Crippen LogP contribution in [0.25, 0.3) is 0 Å². The summed E-state index contributed by atoms with van der Waals surface area (Å²) < 4.78 is 11.7. The Morgan fingerprint density at radius 2 is 1.95 bits per heavy atom. The normalized spacial score (nSPS) is 36.9. The molecule has 1 aromatic carbocycles. The van der Waals surface area contributed by atoms with Gasteiger partial charge < -0.3 is 24.8 Å². The van der Waals surface area contributed by atoms with Crippen LogP contribution in [-0.4, -0.2) is 46.0 Å². The topological polar surface area (TPSA) is 79.2 Å². The molecule has 1 saturated heterocycles. The minimum Gasteiger partial charge on any atom is -0.396 e. The van der Waals surface area contributed by atoms with Gasteiger partial charge in [-0.05, 0) is 17.5 Å². The predicted octanol–water partition coefficient (Wildman–Crippen LogP) is 0.349. The molecule has 2 heterocycles. The van der Waals surface area contributed by atoms with Crippen LogP contribution in [0.1, 0.15) is 24.0 Å². The maximum atomic E-state index is 10.3. The molecule has 0 saturated carbocycles. The number of hydrogen-bond acceptors (Lipinski definition) is 5. The number of ether oxygens (including phenoxy) is 2. The van der Waals surface area contributed by atoms with E-state index < -0.39 is 18.0 Å². The minimum absolute atomic E-state index is 0.0137. The number of rotatable bonds is 2. The van der Waals surface area contributed by atoms with E-state index in [9.17, 15) is 10.2 Å². The fourth-order valence-corrected chi connectivity index (χ4v) is 3.06. The van der Waals surface area contributed by atoms with Crippen molar-refractivity contribution in [3.05, 3.63) is 35.4 Å². The van der Waals surface area contributed by atoms with Crippen molar-refractivity contribution >= 4 is 0 Å². The van der Waals surface area contributed by atoms with E-state index in [0.29, 0.717) is 25.9 Å². The van der Waals surface area contributed by atoms with E-state index in [0.717, 1.165) is 11.1 Å². The Balaban J connectivity index is 1.87. The fourth-order valence-electron chi connectivity index (χ4n) is 3.06. The Hall–Kier alpha value is -0.980. The number of benzene rings is 1. The lowest BCUT2D eigenvalue weighted by Crippen LogP contribution is -2.61. The van der Waals surface area contributed by atoms with Crippen LogP contribution >= 0.6 is 0 Å². The molecule has 2 aliphatic rings. The molecule has 5 heteroatoms. The summed E-state index contributed by atoms with van der Waals surface area (Å²) in [4.78, 5) is 0. The van der Waals surface area contributed by atoms with Crippen LogP contribution in [-0.2, 0) is 22.5 Å². The molecule has 0 aromatic heterocycles. The maximum Gasteiger partial charge on any atom is 0.201 e. The Morgan fingerprint density at radius 3 is 2.70 bits per heavy atom. The molecule has 1 aromatic rings. The van der Waals surface area contributed by atoms with Crippen LogP contribution in [0.2, 0.25) is 0 Å². The van der Waals surface area contributed by atoms with E-state index in [2.05, 4.69) is 0 Å². The summed E-state index contributed by atoms with van der Waals surface area (Å²) in [6, 6.07) is 7.85. The summed E-state index contributed by atoms with van der Waals surface area (Å²) in [5.74, 6) is -1.20. The summed E-state index contributed by atoms with van der Waals surface area (Å²) in [6.07, 6.45) is -1.13. The average molecular weight is 280 g/mol. The highest BCUT2D eigenvalue weighted by Gasteiger charge is 2.51. The van der Waals surface area contributed by atoms with E-state index in [1.54, 1.807) is 0 Å². The molecule has 20 heavy (non-hydrogen) atoms. The van der Waals surface area contributed by atoms with Crippen molar-refractivity contribution in [1.29, 1.82) is 0 Å². The first-order valence-electron chi connectivity index (χ1n) is 7.00. The monoisotopic (exact) mass is 280 g/mol. The average Bonchev–Trinajstić information content (AvgIpc) is 2.45. The van der Waals surface area contributed by atoms with Crippen LogP contribution in [0, 0.1) is 0 Å². The van der Waals surface area contributed by atoms with Gasteiger partial charge in [0.15, 0.2) is 0 Å². The fraction of sp³-hybridized carbons (Fsp3) is 0.600. The van der Waals surface area contributed by atoms with E-state index in [1.807, 2.05) is 24.3 Å². The standard InChI is InChI=1S/C15H20O5/c16-6-5-12-7-13(17)14(18)15(20-12)8-10-3-1-2-4-11(10)9-19-15/h1-4,12-14,16-18H,5-9H2/t12-,13+,14-,15-/m0/s1. The third-order valence-electron chi connectivity index (χ3n) is 4.16. The summed E-state index contributed by atoms with van der Waals surface area (Å²) in [5.41, 5.74) is 2.14. The Morgan fingerprint density at radius 1 is 1.20 bits per heavy atom. The van der Waals surface area contributed by atoms with E-state index in [4.69, 9.17) is 14.6 Å². The van der Waals surface area contributed by atoms with Crippen molar-refractivity contribution in [3.63, 3.8) is 0 Å². The molecule has 4 atom stereocenters. The molecule has 0 unspecified atom stereocenters. The van der Waals surface area contributed by atoms with E-state index in [-0.39, 0.29) is 12.7 Å². The second kappa shape index (κ2) is 5.42. The van der Waals surface area contributed by atoms with Gasteiger partial charge in [0.25, 0.3) is 0 Å². The zero-order valence-corrected chi connectivity index (χ0v) is 11.2. The van der Waals surface area contributed by atoms with Crippen LogP contribution in [0.15, 0.2) is 24.3 Å². The third kappa shape index (κ3) is 2.36. The lowest BCUT2D eigenvalue weighted by atomic mass is 9.86. The molecule has 2 aliphatic heterocycles. The van der Waals surface area contributed by atoms with Gasteiger partial charge in [0, 0.05) is 19.4 Å². The third-order valence-corrected chi connectivity index (χ3v) is 4.16. The lowest BCUT2D eigenvalue weighted by molar-refractivity contribution is -0.349. The molecule has 1 fully saturated rings. The minimum atomic E-state index is -1.20. The van der Waals surface area contributed by atoms with Crippen molar-refractivity contribution in [2.24, 2.45) is 0 Å². The molecule has 0 bridgehead atoms. The van der Waals surface area contributed by atoms with Crippen molar-refractivity contribution in [1.82, 2.24) is 0 Å². The molecule has 1 spiro atoms. The first-order valence-corrected chi connectivity index (χ1v) is 7.00. The van der Waals surface area contributed by atoms with Gasteiger partial charge in [-0.3, -0.25) is 0 Å². The van der Waals surface area contributed by atoms with Gasteiger partial charge in [-0.25, -0.2) is 0 Å². The molecule has 0 radical (unpaired) electrons. The lowest BCUT2D eigenvalue weighted by Gasteiger charge is -2.48. The highest BCUT2D eigenvalue weighted by molar-refractivity contribution is 5.30. The van der Waals surface area contributed by atoms with E-state index >= 15 is 0 Å². The quantitative estimate of drug-likeness (QED) is 0.728. The first kappa shape index (κ1) is 14.0. The Kier molecular flexibility index (Phi) is 3.79. The summed E-state index contributed by atoms with van der Waals surface area (Å²) in [5, 5.41) is 29.4. The molecule has 3 N–H and O–H groups in total. The molecular weight excluding hydrogens is 260 g/mol. The molecular formula is C15H20O5. The van der Waals surface area contributed by atoms with Crippen molar-refractivity contribution in [2.45, 2.75) is 50.0 Å². The second-order valence-corrected chi connectivity index (χ2v) is 5.55. The van der Waals surface area contributed by atoms with Crippen LogP contribution in [0.3, 0.4) is 0 Å².